The maximum atomic E-state index is 13.9. The van der Waals surface area contributed by atoms with Gasteiger partial charge in [0.15, 0.2) is 5.85 Å². The predicted molar refractivity (Wildman–Crippen MR) is 91.0 cm³/mol. The molecule has 4 saturated carbocycles. The highest BCUT2D eigenvalue weighted by Crippen LogP contribution is 2.76. The second kappa shape index (κ2) is 5.78. The smallest absolute Gasteiger partial charge is 0.241 e. The van der Waals surface area contributed by atoms with Gasteiger partial charge in [-0.1, -0.05) is 34.8 Å². The van der Waals surface area contributed by atoms with Crippen molar-refractivity contribution in [3.63, 3.8) is 0 Å². The number of hydrogen-bond donors (Lipinski definition) is 1. The van der Waals surface area contributed by atoms with Crippen molar-refractivity contribution in [1.29, 1.82) is 0 Å². The molecule has 128 valence electrons. The number of aliphatic hydroxyl groups excluding tert-OH is 1. The Balaban J connectivity index is 2.01. The molecule has 0 heterocycles. The van der Waals surface area contributed by atoms with E-state index in [-0.39, 0.29) is 6.10 Å². The highest BCUT2D eigenvalue weighted by molar-refractivity contribution is 7.61. The Morgan fingerprint density at radius 2 is 1.50 bits per heavy atom. The second-order valence-corrected chi connectivity index (χ2v) is 13.0. The summed E-state index contributed by atoms with van der Waals surface area (Å²) in [5, 5.41) is 10.1. The third-order valence-corrected chi connectivity index (χ3v) is 10.4. The van der Waals surface area contributed by atoms with Crippen molar-refractivity contribution < 1.29 is 14.2 Å². The minimum atomic E-state index is -3.53. The standard InChI is InChI=1S/C15H24Cl3O3P/c1-9(2)21-22(20,13(19)15(16,17)18)14-6-10-3-11(7-14)5-12(4-10)8-14/h9-13,19H,3-8H2,1-2H3/t10?,11?,12?,13-,14?,22-/m1/s1. The Labute approximate surface area is 147 Å². The fraction of sp³-hybridized carbons (Fsp3) is 1.00. The van der Waals surface area contributed by atoms with E-state index in [4.69, 9.17) is 39.3 Å². The summed E-state index contributed by atoms with van der Waals surface area (Å²) in [6.07, 6.45) is 5.86. The fourth-order valence-corrected chi connectivity index (χ4v) is 9.95. The number of hydrogen-bond acceptors (Lipinski definition) is 3. The zero-order valence-electron chi connectivity index (χ0n) is 13.0. The predicted octanol–water partition coefficient (Wildman–Crippen LogP) is 5.35. The van der Waals surface area contributed by atoms with Gasteiger partial charge in [0, 0.05) is 0 Å². The van der Waals surface area contributed by atoms with Gasteiger partial charge in [0.1, 0.15) is 0 Å². The zero-order chi connectivity index (χ0) is 16.3. The van der Waals surface area contributed by atoms with Crippen LogP contribution in [-0.2, 0) is 9.09 Å². The maximum absolute atomic E-state index is 13.9. The lowest BCUT2D eigenvalue weighted by Gasteiger charge is -2.59. The van der Waals surface area contributed by atoms with Gasteiger partial charge in [-0.3, -0.25) is 4.57 Å². The van der Waals surface area contributed by atoms with Gasteiger partial charge in [0.05, 0.1) is 11.3 Å². The third-order valence-electron chi connectivity index (χ3n) is 5.65. The van der Waals surface area contributed by atoms with Crippen LogP contribution in [0.3, 0.4) is 0 Å². The molecule has 0 aromatic heterocycles. The van der Waals surface area contributed by atoms with Crippen molar-refractivity contribution in [2.75, 3.05) is 0 Å². The van der Waals surface area contributed by atoms with Crippen LogP contribution in [-0.4, -0.2) is 26.0 Å². The van der Waals surface area contributed by atoms with E-state index in [2.05, 4.69) is 0 Å². The Morgan fingerprint density at radius 1 is 1.09 bits per heavy atom. The first-order chi connectivity index (χ1) is 10.1. The van der Waals surface area contributed by atoms with Crippen LogP contribution in [0.25, 0.3) is 0 Å². The van der Waals surface area contributed by atoms with Crippen LogP contribution in [0.15, 0.2) is 0 Å². The van der Waals surface area contributed by atoms with Gasteiger partial charge in [0.2, 0.25) is 11.2 Å². The summed E-state index contributed by atoms with van der Waals surface area (Å²) in [6.45, 7) is 3.64. The highest BCUT2D eigenvalue weighted by Gasteiger charge is 2.65. The lowest BCUT2D eigenvalue weighted by molar-refractivity contribution is 0.0194. The van der Waals surface area contributed by atoms with Gasteiger partial charge in [0.25, 0.3) is 0 Å². The third kappa shape index (κ3) is 2.89. The maximum Gasteiger partial charge on any atom is 0.241 e. The minimum Gasteiger partial charge on any atom is -0.379 e. The molecule has 0 aromatic rings. The van der Waals surface area contributed by atoms with Crippen LogP contribution in [0.4, 0.5) is 0 Å². The molecule has 4 bridgehead atoms. The Hall–Kier alpha value is 1.02. The van der Waals surface area contributed by atoms with Crippen molar-refractivity contribution in [3.8, 4) is 0 Å². The van der Waals surface area contributed by atoms with Crippen LogP contribution >= 0.6 is 42.2 Å². The van der Waals surface area contributed by atoms with E-state index in [9.17, 15) is 9.67 Å². The lowest BCUT2D eigenvalue weighted by Crippen LogP contribution is -2.53. The summed E-state index contributed by atoms with van der Waals surface area (Å²) >= 11 is 17.8. The van der Waals surface area contributed by atoms with E-state index in [1.165, 1.54) is 19.3 Å². The van der Waals surface area contributed by atoms with E-state index in [1.807, 2.05) is 13.8 Å². The Bertz CT molecular complexity index is 454. The molecule has 4 fully saturated rings. The molecule has 2 atom stereocenters. The number of rotatable bonds is 4. The molecule has 0 aliphatic heterocycles. The molecule has 22 heavy (non-hydrogen) atoms. The summed E-state index contributed by atoms with van der Waals surface area (Å²) in [5.41, 5.74) is 0. The molecule has 4 aliphatic carbocycles. The summed E-state index contributed by atoms with van der Waals surface area (Å²) in [4.78, 5) is 0. The summed E-state index contributed by atoms with van der Waals surface area (Å²) in [6, 6.07) is 0. The molecule has 0 saturated heterocycles. The first kappa shape index (κ1) is 17.8. The van der Waals surface area contributed by atoms with Crippen LogP contribution in [0.2, 0.25) is 0 Å². The van der Waals surface area contributed by atoms with Crippen LogP contribution in [0.5, 0.6) is 0 Å². The molecule has 0 amide bonds. The van der Waals surface area contributed by atoms with Crippen molar-refractivity contribution in [1.82, 2.24) is 0 Å². The van der Waals surface area contributed by atoms with Gasteiger partial charge in [-0.05, 0) is 70.1 Å². The molecule has 4 rings (SSSR count). The molecule has 3 nitrogen and oxygen atoms in total. The van der Waals surface area contributed by atoms with Gasteiger partial charge >= 0.3 is 0 Å². The minimum absolute atomic E-state index is 0.277. The average molecular weight is 390 g/mol. The number of aliphatic hydroxyl groups is 1. The molecule has 0 unspecified atom stereocenters. The van der Waals surface area contributed by atoms with E-state index in [1.54, 1.807) is 0 Å². The highest BCUT2D eigenvalue weighted by atomic mass is 35.6. The van der Waals surface area contributed by atoms with Crippen molar-refractivity contribution >= 4 is 42.2 Å². The SMILES string of the molecule is CC(C)O[P@](=O)([C@@H](O)C(Cl)(Cl)Cl)C12CC3CC(CC(C3)C1)C2. The molecular formula is C15H24Cl3O3P. The molecule has 1 N–H and O–H groups in total. The van der Waals surface area contributed by atoms with Gasteiger partial charge in [-0.15, -0.1) is 0 Å². The Kier molecular flexibility index (Phi) is 4.69. The van der Waals surface area contributed by atoms with E-state index >= 15 is 0 Å². The van der Waals surface area contributed by atoms with Crippen molar-refractivity contribution in [2.24, 2.45) is 17.8 Å². The largest absolute Gasteiger partial charge is 0.379 e. The first-order valence-electron chi connectivity index (χ1n) is 8.09. The van der Waals surface area contributed by atoms with Crippen LogP contribution in [0, 0.1) is 17.8 Å². The van der Waals surface area contributed by atoms with Crippen LogP contribution < -0.4 is 0 Å². The fourth-order valence-electron chi connectivity index (χ4n) is 5.38. The number of halogens is 3. The van der Waals surface area contributed by atoms with E-state index in [0.29, 0.717) is 17.8 Å². The summed E-state index contributed by atoms with van der Waals surface area (Å²) in [5.74, 6) is 0.178. The van der Waals surface area contributed by atoms with Gasteiger partial charge in [-0.2, -0.15) is 0 Å². The zero-order valence-corrected chi connectivity index (χ0v) is 16.1. The molecule has 4 aliphatic rings. The molecule has 0 aromatic carbocycles. The molecular weight excluding hydrogens is 365 g/mol. The number of alkyl halides is 3. The summed E-state index contributed by atoms with van der Waals surface area (Å²) < 4.78 is 17.8. The Morgan fingerprint density at radius 3 is 1.82 bits per heavy atom. The molecule has 0 radical (unpaired) electrons. The second-order valence-electron chi connectivity index (χ2n) is 7.81. The molecule has 0 spiro atoms. The quantitative estimate of drug-likeness (QED) is 0.521. The average Bonchev–Trinajstić information content (AvgIpc) is 2.33. The van der Waals surface area contributed by atoms with Gasteiger partial charge in [-0.25, -0.2) is 0 Å². The van der Waals surface area contributed by atoms with Gasteiger partial charge < -0.3 is 9.63 Å². The van der Waals surface area contributed by atoms with Crippen molar-refractivity contribution in [2.45, 2.75) is 73.3 Å². The first-order valence-corrected chi connectivity index (χ1v) is 10.9. The monoisotopic (exact) mass is 388 g/mol. The van der Waals surface area contributed by atoms with E-state index in [0.717, 1.165) is 19.3 Å². The van der Waals surface area contributed by atoms with E-state index < -0.39 is 22.2 Å². The van der Waals surface area contributed by atoms with Crippen molar-refractivity contribution in [3.05, 3.63) is 0 Å². The lowest BCUT2D eigenvalue weighted by atomic mass is 9.56. The normalized spacial score (nSPS) is 41.7. The molecule has 7 heteroatoms. The topological polar surface area (TPSA) is 46.5 Å². The van der Waals surface area contributed by atoms with Crippen LogP contribution in [0.1, 0.15) is 52.4 Å². The summed E-state index contributed by atoms with van der Waals surface area (Å²) in [7, 11) is -3.53.